The average molecular weight is 386 g/mol. The maximum absolute atomic E-state index is 13.0. The third-order valence-electron chi connectivity index (χ3n) is 4.72. The Balaban J connectivity index is 1.80. The Morgan fingerprint density at radius 1 is 1.14 bits per heavy atom. The summed E-state index contributed by atoms with van der Waals surface area (Å²) in [5, 5.41) is 0. The number of benzene rings is 1. The summed E-state index contributed by atoms with van der Waals surface area (Å²) in [5.41, 5.74) is 0.217. The monoisotopic (exact) mass is 386 g/mol. The van der Waals surface area contributed by atoms with E-state index in [0.29, 0.717) is 17.9 Å². The Kier molecular flexibility index (Phi) is 5.28. The third kappa shape index (κ3) is 4.40. The van der Waals surface area contributed by atoms with E-state index in [1.54, 1.807) is 17.0 Å². The zero-order valence-electron chi connectivity index (χ0n) is 16.7. The maximum Gasteiger partial charge on any atom is 0.308 e. The van der Waals surface area contributed by atoms with Crippen molar-refractivity contribution in [2.45, 2.75) is 65.5 Å². The van der Waals surface area contributed by atoms with E-state index in [4.69, 9.17) is 4.74 Å². The first kappa shape index (κ1) is 20.0. The van der Waals surface area contributed by atoms with Crippen LogP contribution in [-0.4, -0.2) is 40.7 Å². The number of imide groups is 1. The highest BCUT2D eigenvalue weighted by atomic mass is 16.5. The lowest BCUT2D eigenvalue weighted by atomic mass is 9.91. The molecule has 1 aliphatic heterocycles. The van der Waals surface area contributed by atoms with Gasteiger partial charge in [0.25, 0.3) is 5.91 Å². The summed E-state index contributed by atoms with van der Waals surface area (Å²) in [7, 11) is 0. The first-order chi connectivity index (χ1) is 13.1. The SMILES string of the molecule is CC(=O)Oc1ccc(N2C(=O)CC(N(C(=O)CC(C)(C)C)C3CC3)C2=O)cc1. The van der Waals surface area contributed by atoms with Crippen molar-refractivity contribution in [3.8, 4) is 5.75 Å². The van der Waals surface area contributed by atoms with Crippen LogP contribution in [0.5, 0.6) is 5.75 Å². The third-order valence-corrected chi connectivity index (χ3v) is 4.72. The summed E-state index contributed by atoms with van der Waals surface area (Å²) >= 11 is 0. The van der Waals surface area contributed by atoms with E-state index in [9.17, 15) is 19.2 Å². The molecule has 0 aromatic heterocycles. The fraction of sp³-hybridized carbons (Fsp3) is 0.524. The summed E-state index contributed by atoms with van der Waals surface area (Å²) < 4.78 is 4.98. The Morgan fingerprint density at radius 2 is 1.75 bits per heavy atom. The van der Waals surface area contributed by atoms with Crippen LogP contribution >= 0.6 is 0 Å². The molecule has 7 heteroatoms. The van der Waals surface area contributed by atoms with Crippen LogP contribution in [-0.2, 0) is 19.2 Å². The highest BCUT2D eigenvalue weighted by Gasteiger charge is 2.48. The number of ether oxygens (including phenoxy) is 1. The van der Waals surface area contributed by atoms with Crippen molar-refractivity contribution >= 4 is 29.4 Å². The first-order valence-corrected chi connectivity index (χ1v) is 9.53. The fourth-order valence-corrected chi connectivity index (χ4v) is 3.46. The van der Waals surface area contributed by atoms with Crippen LogP contribution in [0.1, 0.15) is 53.4 Å². The van der Waals surface area contributed by atoms with Crippen molar-refractivity contribution in [1.29, 1.82) is 0 Å². The zero-order valence-corrected chi connectivity index (χ0v) is 16.7. The van der Waals surface area contributed by atoms with Gasteiger partial charge in [-0.05, 0) is 42.5 Å². The highest BCUT2D eigenvalue weighted by molar-refractivity contribution is 6.23. The topological polar surface area (TPSA) is 84.0 Å². The van der Waals surface area contributed by atoms with E-state index < -0.39 is 12.0 Å². The fourth-order valence-electron chi connectivity index (χ4n) is 3.46. The van der Waals surface area contributed by atoms with Crippen molar-refractivity contribution in [2.75, 3.05) is 4.90 Å². The van der Waals surface area contributed by atoms with Crippen LogP contribution in [0.4, 0.5) is 5.69 Å². The van der Waals surface area contributed by atoms with Gasteiger partial charge in [0.05, 0.1) is 12.1 Å². The Labute approximate surface area is 164 Å². The molecule has 3 rings (SSSR count). The Morgan fingerprint density at radius 3 is 2.25 bits per heavy atom. The van der Waals surface area contributed by atoms with Crippen molar-refractivity contribution in [2.24, 2.45) is 5.41 Å². The van der Waals surface area contributed by atoms with Gasteiger partial charge in [-0.3, -0.25) is 19.2 Å². The second-order valence-electron chi connectivity index (χ2n) is 8.64. The molecule has 7 nitrogen and oxygen atoms in total. The maximum atomic E-state index is 13.0. The molecular formula is C21H26N2O5. The molecule has 0 radical (unpaired) electrons. The molecule has 2 aliphatic rings. The molecule has 1 aromatic rings. The van der Waals surface area contributed by atoms with Crippen LogP contribution in [0.2, 0.25) is 0 Å². The van der Waals surface area contributed by atoms with E-state index in [1.807, 2.05) is 20.8 Å². The molecule has 0 spiro atoms. The van der Waals surface area contributed by atoms with Gasteiger partial charge in [0.15, 0.2) is 0 Å². The molecule has 1 aromatic carbocycles. The minimum Gasteiger partial charge on any atom is -0.427 e. The van der Waals surface area contributed by atoms with E-state index in [2.05, 4.69) is 0 Å². The van der Waals surface area contributed by atoms with Gasteiger partial charge in [0.2, 0.25) is 11.8 Å². The molecule has 0 bridgehead atoms. The molecule has 150 valence electrons. The molecular weight excluding hydrogens is 360 g/mol. The quantitative estimate of drug-likeness (QED) is 0.441. The number of nitrogens with zero attached hydrogens (tertiary/aromatic N) is 2. The number of hydrogen-bond donors (Lipinski definition) is 0. The molecule has 1 heterocycles. The van der Waals surface area contributed by atoms with Gasteiger partial charge in [-0.1, -0.05) is 20.8 Å². The molecule has 28 heavy (non-hydrogen) atoms. The molecule has 3 amide bonds. The molecule has 1 aliphatic carbocycles. The number of rotatable bonds is 5. The van der Waals surface area contributed by atoms with Crippen LogP contribution < -0.4 is 9.64 Å². The number of esters is 1. The van der Waals surface area contributed by atoms with Crippen LogP contribution in [0.25, 0.3) is 0 Å². The van der Waals surface area contributed by atoms with Crippen molar-refractivity contribution < 1.29 is 23.9 Å². The van der Waals surface area contributed by atoms with Gasteiger partial charge in [0, 0.05) is 19.4 Å². The van der Waals surface area contributed by atoms with E-state index in [0.717, 1.165) is 17.7 Å². The van der Waals surface area contributed by atoms with Gasteiger partial charge in [0.1, 0.15) is 11.8 Å². The van der Waals surface area contributed by atoms with Gasteiger partial charge in [-0.25, -0.2) is 4.90 Å². The Hall–Kier alpha value is -2.70. The van der Waals surface area contributed by atoms with Crippen LogP contribution in [0.3, 0.4) is 0 Å². The largest absolute Gasteiger partial charge is 0.427 e. The molecule has 1 saturated heterocycles. The summed E-state index contributed by atoms with van der Waals surface area (Å²) in [5.74, 6) is -0.887. The number of carbonyl (C=O) groups excluding carboxylic acids is 4. The standard InChI is InChI=1S/C21H26N2O5/c1-13(24)28-16-9-7-15(8-10-16)23-18(25)11-17(20(23)27)22(14-5-6-14)19(26)12-21(2,3)4/h7-10,14,17H,5-6,11-12H2,1-4H3. The number of anilines is 1. The second-order valence-corrected chi connectivity index (χ2v) is 8.64. The van der Waals surface area contributed by atoms with Gasteiger partial charge >= 0.3 is 5.97 Å². The van der Waals surface area contributed by atoms with Gasteiger partial charge < -0.3 is 9.64 Å². The minimum atomic E-state index is -0.747. The minimum absolute atomic E-state index is 0.00306. The predicted molar refractivity (Wildman–Crippen MR) is 103 cm³/mol. The number of carbonyl (C=O) groups is 4. The lowest BCUT2D eigenvalue weighted by Gasteiger charge is -2.30. The molecule has 1 atom stereocenters. The first-order valence-electron chi connectivity index (χ1n) is 9.53. The molecule has 0 N–H and O–H groups in total. The van der Waals surface area contributed by atoms with Crippen molar-refractivity contribution in [1.82, 2.24) is 4.90 Å². The van der Waals surface area contributed by atoms with Crippen LogP contribution in [0, 0.1) is 5.41 Å². The number of amides is 3. The van der Waals surface area contributed by atoms with Crippen molar-refractivity contribution in [3.63, 3.8) is 0 Å². The lowest BCUT2D eigenvalue weighted by Crippen LogP contribution is -2.47. The normalized spacial score (nSPS) is 19.7. The molecule has 1 unspecified atom stereocenters. The zero-order chi connectivity index (χ0) is 20.6. The second kappa shape index (κ2) is 7.37. The van der Waals surface area contributed by atoms with E-state index in [-0.39, 0.29) is 35.6 Å². The average Bonchev–Trinajstić information content (AvgIpc) is 3.34. The van der Waals surface area contributed by atoms with E-state index >= 15 is 0 Å². The van der Waals surface area contributed by atoms with E-state index in [1.165, 1.54) is 19.1 Å². The van der Waals surface area contributed by atoms with Crippen molar-refractivity contribution in [3.05, 3.63) is 24.3 Å². The smallest absolute Gasteiger partial charge is 0.308 e. The summed E-state index contributed by atoms with van der Waals surface area (Å²) in [6.07, 6.45) is 2.06. The van der Waals surface area contributed by atoms with Gasteiger partial charge in [-0.2, -0.15) is 0 Å². The molecule has 2 fully saturated rings. The lowest BCUT2D eigenvalue weighted by molar-refractivity contribution is -0.140. The summed E-state index contributed by atoms with van der Waals surface area (Å²) in [4.78, 5) is 52.3. The molecule has 1 saturated carbocycles. The predicted octanol–water partition coefficient (Wildman–Crippen LogP) is 2.67. The van der Waals surface area contributed by atoms with Crippen LogP contribution in [0.15, 0.2) is 24.3 Å². The highest BCUT2D eigenvalue weighted by Crippen LogP contribution is 2.36. The number of hydrogen-bond acceptors (Lipinski definition) is 5. The summed E-state index contributed by atoms with van der Waals surface area (Å²) in [6.45, 7) is 7.24. The Bertz CT molecular complexity index is 805. The summed E-state index contributed by atoms with van der Waals surface area (Å²) in [6, 6.07) is 5.50. The van der Waals surface area contributed by atoms with Gasteiger partial charge in [-0.15, -0.1) is 0 Å².